The van der Waals surface area contributed by atoms with E-state index in [0.717, 1.165) is 28.0 Å². The molecule has 3 heterocycles. The van der Waals surface area contributed by atoms with Crippen molar-refractivity contribution in [3.63, 3.8) is 0 Å². The number of nitrogens with two attached hydrogens (primary N) is 1. The molecule has 8 nitrogen and oxygen atoms in total. The number of carbonyl (C=O) groups is 2. The number of fused-ring (bicyclic) bond motifs is 1. The molecule has 30 heavy (non-hydrogen) atoms. The molecule has 10 heteroatoms. The van der Waals surface area contributed by atoms with Crippen LogP contribution in [0.1, 0.15) is 22.5 Å². The number of thiazole rings is 1. The van der Waals surface area contributed by atoms with Gasteiger partial charge in [-0.1, -0.05) is 29.8 Å². The molecule has 1 aromatic carbocycles. The number of nitrogens with one attached hydrogen (secondary N) is 1. The molecule has 0 unspecified atom stereocenters. The van der Waals surface area contributed by atoms with Gasteiger partial charge in [0.15, 0.2) is 5.13 Å². The summed E-state index contributed by atoms with van der Waals surface area (Å²) in [5.41, 5.74) is 8.01. The van der Waals surface area contributed by atoms with Gasteiger partial charge in [-0.3, -0.25) is 19.0 Å². The van der Waals surface area contributed by atoms with E-state index in [9.17, 15) is 14.4 Å². The molecule has 3 N–H and O–H groups in total. The van der Waals surface area contributed by atoms with Crippen LogP contribution in [0.25, 0.3) is 21.3 Å². The highest BCUT2D eigenvalue weighted by atomic mass is 32.1. The van der Waals surface area contributed by atoms with Crippen LogP contribution >= 0.6 is 22.7 Å². The number of aromatic nitrogens is 3. The molecule has 4 rings (SSSR count). The van der Waals surface area contributed by atoms with Crippen LogP contribution in [0, 0.1) is 6.92 Å². The molecular weight excluding hydrogens is 422 g/mol. The number of aryl methyl sites for hydroxylation is 2. The van der Waals surface area contributed by atoms with Gasteiger partial charge in [0.1, 0.15) is 10.5 Å². The Balaban J connectivity index is 1.53. The van der Waals surface area contributed by atoms with E-state index < -0.39 is 5.91 Å². The predicted octanol–water partition coefficient (Wildman–Crippen LogP) is 3.02. The SMILES string of the molecule is Cc1ccc(-c2csc3ncn(CCC(=O)Nc4nc(C(N)=O)cs4)c(=O)c23)cc1. The number of rotatable bonds is 6. The lowest BCUT2D eigenvalue weighted by molar-refractivity contribution is -0.116. The van der Waals surface area contributed by atoms with Gasteiger partial charge in [-0.05, 0) is 12.5 Å². The van der Waals surface area contributed by atoms with Crippen molar-refractivity contribution in [2.45, 2.75) is 19.9 Å². The first-order valence-electron chi connectivity index (χ1n) is 9.01. The normalized spacial score (nSPS) is 11.0. The lowest BCUT2D eigenvalue weighted by atomic mass is 10.1. The Labute approximate surface area is 179 Å². The average Bonchev–Trinajstić information content (AvgIpc) is 3.36. The first-order valence-corrected chi connectivity index (χ1v) is 10.8. The molecule has 0 saturated carbocycles. The molecule has 3 aromatic heterocycles. The topological polar surface area (TPSA) is 120 Å². The van der Waals surface area contributed by atoms with Crippen LogP contribution < -0.4 is 16.6 Å². The quantitative estimate of drug-likeness (QED) is 0.478. The number of hydrogen-bond donors (Lipinski definition) is 2. The summed E-state index contributed by atoms with van der Waals surface area (Å²) in [7, 11) is 0. The number of primary amides is 1. The zero-order valence-electron chi connectivity index (χ0n) is 15.9. The van der Waals surface area contributed by atoms with Crippen molar-refractivity contribution in [1.29, 1.82) is 0 Å². The number of hydrogen-bond acceptors (Lipinski definition) is 7. The smallest absolute Gasteiger partial charge is 0.268 e. The molecule has 0 saturated heterocycles. The Kier molecular flexibility index (Phi) is 5.42. The Morgan fingerprint density at radius 1 is 1.17 bits per heavy atom. The highest BCUT2D eigenvalue weighted by Gasteiger charge is 2.15. The zero-order chi connectivity index (χ0) is 21.3. The van der Waals surface area contributed by atoms with Crippen molar-refractivity contribution in [3.8, 4) is 11.1 Å². The van der Waals surface area contributed by atoms with Gasteiger partial charge < -0.3 is 11.1 Å². The maximum Gasteiger partial charge on any atom is 0.268 e. The molecule has 152 valence electrons. The van der Waals surface area contributed by atoms with Crippen LogP contribution in [0.4, 0.5) is 5.13 Å². The van der Waals surface area contributed by atoms with Gasteiger partial charge in [0.05, 0.1) is 11.7 Å². The third-order valence-electron chi connectivity index (χ3n) is 4.51. The van der Waals surface area contributed by atoms with Crippen molar-refractivity contribution in [3.05, 3.63) is 63.0 Å². The van der Waals surface area contributed by atoms with Gasteiger partial charge in [-0.2, -0.15) is 0 Å². The van der Waals surface area contributed by atoms with Crippen LogP contribution in [0.15, 0.2) is 46.1 Å². The highest BCUT2D eigenvalue weighted by molar-refractivity contribution is 7.17. The van der Waals surface area contributed by atoms with Crippen molar-refractivity contribution >= 4 is 49.8 Å². The highest BCUT2D eigenvalue weighted by Crippen LogP contribution is 2.30. The summed E-state index contributed by atoms with van der Waals surface area (Å²) >= 11 is 2.53. The largest absolute Gasteiger partial charge is 0.364 e. The number of nitrogens with zero attached hydrogens (tertiary/aromatic N) is 3. The maximum atomic E-state index is 13.0. The summed E-state index contributed by atoms with van der Waals surface area (Å²) in [6, 6.07) is 7.96. The number of amides is 2. The van der Waals surface area contributed by atoms with E-state index in [1.807, 2.05) is 36.6 Å². The van der Waals surface area contributed by atoms with Crippen LogP contribution in [0.3, 0.4) is 0 Å². The minimum atomic E-state index is -0.655. The monoisotopic (exact) mass is 439 g/mol. The summed E-state index contributed by atoms with van der Waals surface area (Å²) in [5.74, 6) is -0.978. The van der Waals surface area contributed by atoms with Gasteiger partial charge in [0.25, 0.3) is 11.5 Å². The standard InChI is InChI=1S/C20H17N5O3S2/c1-11-2-4-12(5-3-11)13-8-29-18-16(13)19(28)25(10-22-18)7-6-15(26)24-20-23-14(9-30-20)17(21)27/h2-5,8-10H,6-7H2,1H3,(H2,21,27)(H,23,24,26). The Bertz CT molecular complexity index is 1300. The lowest BCUT2D eigenvalue weighted by Crippen LogP contribution is -2.23. The summed E-state index contributed by atoms with van der Waals surface area (Å²) in [6.45, 7) is 2.18. The minimum Gasteiger partial charge on any atom is -0.364 e. The van der Waals surface area contributed by atoms with Crippen molar-refractivity contribution in [1.82, 2.24) is 14.5 Å². The summed E-state index contributed by atoms with van der Waals surface area (Å²) in [5, 5.41) is 6.85. The van der Waals surface area contributed by atoms with Gasteiger partial charge in [-0.25, -0.2) is 9.97 Å². The third-order valence-corrected chi connectivity index (χ3v) is 6.15. The number of benzene rings is 1. The number of carbonyl (C=O) groups excluding carboxylic acids is 2. The fourth-order valence-corrected chi connectivity index (χ4v) is 4.54. The average molecular weight is 440 g/mol. The fourth-order valence-electron chi connectivity index (χ4n) is 2.92. The lowest BCUT2D eigenvalue weighted by Gasteiger charge is -2.06. The van der Waals surface area contributed by atoms with E-state index in [1.165, 1.54) is 27.6 Å². The van der Waals surface area contributed by atoms with Crippen molar-refractivity contribution in [2.24, 2.45) is 5.73 Å². The van der Waals surface area contributed by atoms with E-state index in [1.54, 1.807) is 0 Å². The maximum absolute atomic E-state index is 13.0. The summed E-state index contributed by atoms with van der Waals surface area (Å²) < 4.78 is 1.43. The zero-order valence-corrected chi connectivity index (χ0v) is 17.5. The van der Waals surface area contributed by atoms with Crippen molar-refractivity contribution in [2.75, 3.05) is 5.32 Å². The van der Waals surface area contributed by atoms with E-state index >= 15 is 0 Å². The van der Waals surface area contributed by atoms with E-state index in [0.29, 0.717) is 10.2 Å². The molecular formula is C20H17N5O3S2. The molecule has 0 aliphatic heterocycles. The number of anilines is 1. The third kappa shape index (κ3) is 4.00. The Hall–Kier alpha value is -3.37. The molecule has 0 radical (unpaired) electrons. The summed E-state index contributed by atoms with van der Waals surface area (Å²) in [4.78, 5) is 45.3. The molecule has 0 fully saturated rings. The van der Waals surface area contributed by atoms with Crippen molar-refractivity contribution < 1.29 is 9.59 Å². The molecule has 4 aromatic rings. The van der Waals surface area contributed by atoms with Gasteiger partial charge in [0.2, 0.25) is 5.91 Å². The second-order valence-electron chi connectivity index (χ2n) is 6.64. The van der Waals surface area contributed by atoms with Crippen LogP contribution in [0.2, 0.25) is 0 Å². The number of thiophene rings is 1. The molecule has 0 spiro atoms. The van der Waals surface area contributed by atoms with Crippen LogP contribution in [0.5, 0.6) is 0 Å². The Morgan fingerprint density at radius 2 is 1.93 bits per heavy atom. The molecule has 0 atom stereocenters. The van der Waals surface area contributed by atoms with E-state index in [2.05, 4.69) is 15.3 Å². The van der Waals surface area contributed by atoms with Gasteiger partial charge >= 0.3 is 0 Å². The second-order valence-corrected chi connectivity index (χ2v) is 8.36. The van der Waals surface area contributed by atoms with E-state index in [4.69, 9.17) is 5.73 Å². The Morgan fingerprint density at radius 3 is 2.63 bits per heavy atom. The van der Waals surface area contributed by atoms with Crippen LogP contribution in [-0.4, -0.2) is 26.3 Å². The minimum absolute atomic E-state index is 0.0581. The molecule has 0 bridgehead atoms. The molecule has 2 amide bonds. The van der Waals surface area contributed by atoms with Gasteiger partial charge in [-0.15, -0.1) is 22.7 Å². The molecule has 0 aliphatic rings. The van der Waals surface area contributed by atoms with Crippen LogP contribution in [-0.2, 0) is 11.3 Å². The van der Waals surface area contributed by atoms with Gasteiger partial charge in [0, 0.05) is 29.3 Å². The summed E-state index contributed by atoms with van der Waals surface area (Å²) in [6.07, 6.45) is 1.52. The first kappa shape index (κ1) is 19.9. The predicted molar refractivity (Wildman–Crippen MR) is 118 cm³/mol. The van der Waals surface area contributed by atoms with E-state index in [-0.39, 0.29) is 35.3 Å². The fraction of sp³-hybridized carbons (Fsp3) is 0.150. The molecule has 0 aliphatic carbocycles. The first-order chi connectivity index (χ1) is 14.4. The second kappa shape index (κ2) is 8.17.